The monoisotopic (exact) mass is 251 g/mol. The summed E-state index contributed by atoms with van der Waals surface area (Å²) in [6, 6.07) is 3.84. The molecule has 2 N–H and O–H groups in total. The van der Waals surface area contributed by atoms with Crippen molar-refractivity contribution in [1.29, 1.82) is 0 Å². The summed E-state index contributed by atoms with van der Waals surface area (Å²) < 4.78 is 26.8. The highest BCUT2D eigenvalue weighted by molar-refractivity contribution is 5.53. The Bertz CT molecular complexity index is 544. The van der Waals surface area contributed by atoms with Gasteiger partial charge < -0.3 is 5.32 Å². The Kier molecular flexibility index (Phi) is 3.32. The molecule has 0 saturated heterocycles. The summed E-state index contributed by atoms with van der Waals surface area (Å²) >= 11 is 0. The summed E-state index contributed by atoms with van der Waals surface area (Å²) in [6.07, 6.45) is 0. The zero-order valence-electron chi connectivity index (χ0n) is 10.5. The van der Waals surface area contributed by atoms with E-state index in [0.717, 1.165) is 23.1 Å². The summed E-state index contributed by atoms with van der Waals surface area (Å²) in [7, 11) is 0. The third-order valence-electron chi connectivity index (χ3n) is 2.94. The molecule has 0 radical (unpaired) electrons. The number of hydrogen-bond acceptors (Lipinski definition) is 2. The average Bonchev–Trinajstić information content (AvgIpc) is 2.64. The number of aryl methyl sites for hydroxylation is 2. The second-order valence-corrected chi connectivity index (χ2v) is 4.32. The highest BCUT2D eigenvalue weighted by atomic mass is 19.2. The Morgan fingerprint density at radius 2 is 2.00 bits per heavy atom. The fraction of sp³-hybridized carbons (Fsp3) is 0.308. The zero-order chi connectivity index (χ0) is 13.3. The van der Waals surface area contributed by atoms with Crippen molar-refractivity contribution >= 4 is 5.69 Å². The van der Waals surface area contributed by atoms with Crippen LogP contribution in [0, 0.1) is 25.5 Å². The van der Waals surface area contributed by atoms with E-state index in [1.54, 1.807) is 13.0 Å². The van der Waals surface area contributed by atoms with Gasteiger partial charge in [-0.3, -0.25) is 5.10 Å². The lowest BCUT2D eigenvalue weighted by Crippen LogP contribution is -2.10. The molecule has 0 fully saturated rings. The summed E-state index contributed by atoms with van der Waals surface area (Å²) in [5.74, 6) is -1.64. The van der Waals surface area contributed by atoms with E-state index in [4.69, 9.17) is 0 Å². The van der Waals surface area contributed by atoms with Gasteiger partial charge in [0, 0.05) is 5.56 Å². The number of halogens is 2. The SMILES string of the molecule is Cc1n[nH]c(C)c1NC(C)c1cccc(F)c1F. The number of nitrogens with zero attached hydrogens (tertiary/aromatic N) is 1. The van der Waals surface area contributed by atoms with Crippen molar-refractivity contribution in [1.82, 2.24) is 10.2 Å². The molecule has 1 atom stereocenters. The van der Waals surface area contributed by atoms with E-state index in [1.807, 2.05) is 13.8 Å². The molecule has 5 heteroatoms. The van der Waals surface area contributed by atoms with Crippen molar-refractivity contribution in [3.05, 3.63) is 46.8 Å². The molecule has 1 aromatic heterocycles. The molecule has 0 amide bonds. The van der Waals surface area contributed by atoms with E-state index in [9.17, 15) is 8.78 Å². The van der Waals surface area contributed by atoms with E-state index in [-0.39, 0.29) is 6.04 Å². The van der Waals surface area contributed by atoms with Crippen molar-refractivity contribution in [2.45, 2.75) is 26.8 Å². The molecule has 0 spiro atoms. The lowest BCUT2D eigenvalue weighted by Gasteiger charge is -2.16. The lowest BCUT2D eigenvalue weighted by atomic mass is 10.1. The third kappa shape index (κ3) is 2.20. The largest absolute Gasteiger partial charge is 0.375 e. The Morgan fingerprint density at radius 1 is 1.28 bits per heavy atom. The molecular weight excluding hydrogens is 236 g/mol. The third-order valence-corrected chi connectivity index (χ3v) is 2.94. The van der Waals surface area contributed by atoms with Gasteiger partial charge in [0.2, 0.25) is 0 Å². The van der Waals surface area contributed by atoms with Crippen LogP contribution in [0.1, 0.15) is 29.9 Å². The normalized spacial score (nSPS) is 12.5. The molecule has 2 rings (SSSR count). The first kappa shape index (κ1) is 12.5. The molecule has 1 aromatic carbocycles. The second-order valence-electron chi connectivity index (χ2n) is 4.32. The van der Waals surface area contributed by atoms with Gasteiger partial charge in [0.05, 0.1) is 23.1 Å². The maximum absolute atomic E-state index is 13.6. The van der Waals surface area contributed by atoms with Crippen LogP contribution in [0.3, 0.4) is 0 Å². The van der Waals surface area contributed by atoms with Gasteiger partial charge in [0.1, 0.15) is 0 Å². The van der Waals surface area contributed by atoms with Crippen LogP contribution < -0.4 is 5.32 Å². The Morgan fingerprint density at radius 3 is 2.61 bits per heavy atom. The van der Waals surface area contributed by atoms with Crippen LogP contribution in [0.2, 0.25) is 0 Å². The van der Waals surface area contributed by atoms with Gasteiger partial charge in [-0.15, -0.1) is 0 Å². The van der Waals surface area contributed by atoms with Crippen molar-refractivity contribution < 1.29 is 8.78 Å². The van der Waals surface area contributed by atoms with Crippen LogP contribution in [0.15, 0.2) is 18.2 Å². The fourth-order valence-electron chi connectivity index (χ4n) is 1.91. The maximum atomic E-state index is 13.6. The maximum Gasteiger partial charge on any atom is 0.164 e. The number of anilines is 1. The van der Waals surface area contributed by atoms with Crippen molar-refractivity contribution in [2.75, 3.05) is 5.32 Å². The summed E-state index contributed by atoms with van der Waals surface area (Å²) in [5.41, 5.74) is 2.80. The number of aromatic amines is 1. The molecule has 3 nitrogen and oxygen atoms in total. The van der Waals surface area contributed by atoms with Gasteiger partial charge in [-0.25, -0.2) is 8.78 Å². The van der Waals surface area contributed by atoms with Crippen LogP contribution in [0.5, 0.6) is 0 Å². The second kappa shape index (κ2) is 4.76. The quantitative estimate of drug-likeness (QED) is 0.876. The molecule has 1 heterocycles. The van der Waals surface area contributed by atoms with Crippen molar-refractivity contribution in [3.63, 3.8) is 0 Å². The molecular formula is C13H15F2N3. The number of aromatic nitrogens is 2. The smallest absolute Gasteiger partial charge is 0.164 e. The van der Waals surface area contributed by atoms with Crippen LogP contribution in [0.25, 0.3) is 0 Å². The van der Waals surface area contributed by atoms with E-state index in [0.29, 0.717) is 5.56 Å². The minimum Gasteiger partial charge on any atom is -0.375 e. The van der Waals surface area contributed by atoms with E-state index >= 15 is 0 Å². The minimum atomic E-state index is -0.832. The topological polar surface area (TPSA) is 40.7 Å². The molecule has 1 unspecified atom stereocenters. The standard InChI is InChI=1S/C13H15F2N3/c1-7(10-5-4-6-11(14)12(10)15)16-13-8(2)17-18-9(13)3/h4-7,16H,1-3H3,(H,17,18). The highest BCUT2D eigenvalue weighted by Crippen LogP contribution is 2.25. The van der Waals surface area contributed by atoms with Gasteiger partial charge in [-0.05, 0) is 26.8 Å². The first-order valence-electron chi connectivity index (χ1n) is 5.72. The molecule has 0 bridgehead atoms. The first-order chi connectivity index (χ1) is 8.50. The van der Waals surface area contributed by atoms with E-state index in [2.05, 4.69) is 15.5 Å². The van der Waals surface area contributed by atoms with Crippen LogP contribution >= 0.6 is 0 Å². The summed E-state index contributed by atoms with van der Waals surface area (Å²) in [5, 5.41) is 10.0. The van der Waals surface area contributed by atoms with Crippen LogP contribution in [-0.2, 0) is 0 Å². The lowest BCUT2D eigenvalue weighted by molar-refractivity contribution is 0.494. The highest BCUT2D eigenvalue weighted by Gasteiger charge is 2.16. The van der Waals surface area contributed by atoms with Gasteiger partial charge in [-0.1, -0.05) is 12.1 Å². The number of nitrogens with one attached hydrogen (secondary N) is 2. The first-order valence-corrected chi connectivity index (χ1v) is 5.72. The minimum absolute atomic E-state index is 0.301. The molecule has 0 aliphatic carbocycles. The van der Waals surface area contributed by atoms with Gasteiger partial charge in [0.15, 0.2) is 11.6 Å². The molecule has 96 valence electrons. The van der Waals surface area contributed by atoms with Crippen LogP contribution in [0.4, 0.5) is 14.5 Å². The molecule has 0 aliphatic rings. The van der Waals surface area contributed by atoms with Crippen LogP contribution in [-0.4, -0.2) is 10.2 Å². The van der Waals surface area contributed by atoms with Crippen molar-refractivity contribution in [3.8, 4) is 0 Å². The average molecular weight is 251 g/mol. The number of H-pyrrole nitrogens is 1. The Hall–Kier alpha value is -1.91. The zero-order valence-corrected chi connectivity index (χ0v) is 10.5. The van der Waals surface area contributed by atoms with Crippen molar-refractivity contribution in [2.24, 2.45) is 0 Å². The number of benzene rings is 1. The summed E-state index contributed by atoms with van der Waals surface area (Å²) in [6.45, 7) is 5.50. The molecule has 0 aliphatic heterocycles. The Balaban J connectivity index is 2.28. The predicted molar refractivity (Wildman–Crippen MR) is 66.5 cm³/mol. The Labute approximate surface area is 104 Å². The predicted octanol–water partition coefficient (Wildman–Crippen LogP) is 3.48. The van der Waals surface area contributed by atoms with E-state index < -0.39 is 11.6 Å². The van der Waals surface area contributed by atoms with E-state index in [1.165, 1.54) is 6.07 Å². The molecule has 2 aromatic rings. The molecule has 18 heavy (non-hydrogen) atoms. The fourth-order valence-corrected chi connectivity index (χ4v) is 1.91. The number of hydrogen-bond donors (Lipinski definition) is 2. The number of rotatable bonds is 3. The van der Waals surface area contributed by atoms with Gasteiger partial charge in [-0.2, -0.15) is 5.10 Å². The molecule has 0 saturated carbocycles. The van der Waals surface area contributed by atoms with Gasteiger partial charge >= 0.3 is 0 Å². The van der Waals surface area contributed by atoms with Gasteiger partial charge in [0.25, 0.3) is 0 Å². The summed E-state index contributed by atoms with van der Waals surface area (Å²) in [4.78, 5) is 0.